The molecule has 1 saturated heterocycles. The second-order valence-electron chi connectivity index (χ2n) is 7.76. The van der Waals surface area contributed by atoms with E-state index in [2.05, 4.69) is 69.9 Å². The first-order valence-corrected chi connectivity index (χ1v) is 10.6. The average Bonchev–Trinajstić information content (AvgIpc) is 2.77. The normalized spacial score (nSPS) is 22.9. The van der Waals surface area contributed by atoms with Crippen molar-refractivity contribution in [2.45, 2.75) is 79.3 Å². The molecule has 3 rings (SSSR count). The van der Waals surface area contributed by atoms with Gasteiger partial charge in [-0.25, -0.2) is 0 Å². The maximum Gasteiger partial charge on any atom is 0.00788 e. The lowest BCUT2D eigenvalue weighted by Gasteiger charge is -2.31. The van der Waals surface area contributed by atoms with Crippen LogP contribution in [0.25, 0.3) is 5.57 Å². The van der Waals surface area contributed by atoms with E-state index in [1.54, 1.807) is 5.57 Å². The predicted octanol–water partition coefficient (Wildman–Crippen LogP) is 6.94. The molecular formula is C26H37N. The van der Waals surface area contributed by atoms with Crippen LogP contribution in [0.1, 0.15) is 70.6 Å². The zero-order chi connectivity index (χ0) is 20.0. The van der Waals surface area contributed by atoms with Crippen LogP contribution in [0.5, 0.6) is 0 Å². The Morgan fingerprint density at radius 3 is 2.33 bits per heavy atom. The Kier molecular flexibility index (Phi) is 7.86. The first-order valence-electron chi connectivity index (χ1n) is 10.6. The van der Waals surface area contributed by atoms with Crippen LogP contribution in [-0.4, -0.2) is 12.1 Å². The van der Waals surface area contributed by atoms with E-state index >= 15 is 0 Å². The molecule has 0 saturated carbocycles. The number of allylic oxidation sites excluding steroid dienone is 6. The third kappa shape index (κ3) is 5.11. The van der Waals surface area contributed by atoms with Crippen molar-refractivity contribution in [2.24, 2.45) is 0 Å². The molecule has 1 fully saturated rings. The van der Waals surface area contributed by atoms with Gasteiger partial charge in [-0.05, 0) is 81.2 Å². The fourth-order valence-corrected chi connectivity index (χ4v) is 4.47. The smallest absolute Gasteiger partial charge is 0.00788 e. The molecule has 1 aliphatic carbocycles. The molecule has 2 unspecified atom stereocenters. The molecule has 146 valence electrons. The monoisotopic (exact) mass is 363 g/mol. The van der Waals surface area contributed by atoms with Crippen LogP contribution in [0.3, 0.4) is 0 Å². The fraction of sp³-hybridized carbons (Fsp3) is 0.462. The van der Waals surface area contributed by atoms with Crippen LogP contribution < -0.4 is 5.32 Å². The molecule has 0 amide bonds. The molecule has 1 nitrogen and oxygen atoms in total. The lowest BCUT2D eigenvalue weighted by molar-refractivity contribution is 0.412. The number of hydrogen-bond acceptors (Lipinski definition) is 1. The maximum atomic E-state index is 3.84. The molecule has 0 radical (unpaired) electrons. The Labute approximate surface area is 167 Å². The molecule has 2 aliphatic rings. The van der Waals surface area contributed by atoms with Crippen LogP contribution in [0.2, 0.25) is 0 Å². The van der Waals surface area contributed by atoms with Gasteiger partial charge in [0.15, 0.2) is 0 Å². The molecular weight excluding hydrogens is 326 g/mol. The first kappa shape index (κ1) is 21.4. The van der Waals surface area contributed by atoms with Crippen molar-refractivity contribution in [3.8, 4) is 0 Å². The Balaban J connectivity index is 0.00000126. The molecule has 1 aliphatic heterocycles. The largest absolute Gasteiger partial charge is 0.311 e. The summed E-state index contributed by atoms with van der Waals surface area (Å²) < 4.78 is 0. The molecule has 0 aromatic heterocycles. The highest BCUT2D eigenvalue weighted by atomic mass is 14.9. The van der Waals surface area contributed by atoms with E-state index in [-0.39, 0.29) is 0 Å². The summed E-state index contributed by atoms with van der Waals surface area (Å²) in [6.45, 7) is 17.0. The van der Waals surface area contributed by atoms with Gasteiger partial charge in [-0.15, -0.1) is 0 Å². The van der Waals surface area contributed by atoms with E-state index in [1.807, 2.05) is 19.9 Å². The Hall–Kier alpha value is -1.86. The molecule has 1 heteroatoms. The highest BCUT2D eigenvalue weighted by Crippen LogP contribution is 2.40. The van der Waals surface area contributed by atoms with Crippen LogP contribution in [0, 0.1) is 6.92 Å². The molecule has 1 aromatic rings. The van der Waals surface area contributed by atoms with Gasteiger partial charge in [0.05, 0.1) is 0 Å². The Morgan fingerprint density at radius 2 is 1.70 bits per heavy atom. The van der Waals surface area contributed by atoms with Gasteiger partial charge in [0.25, 0.3) is 0 Å². The van der Waals surface area contributed by atoms with Gasteiger partial charge in [0, 0.05) is 12.1 Å². The summed E-state index contributed by atoms with van der Waals surface area (Å²) in [6, 6.07) is 8.10. The van der Waals surface area contributed by atoms with E-state index in [9.17, 15) is 0 Å². The topological polar surface area (TPSA) is 12.0 Å². The van der Waals surface area contributed by atoms with E-state index in [1.165, 1.54) is 33.4 Å². The third-order valence-electron chi connectivity index (χ3n) is 5.51. The summed E-state index contributed by atoms with van der Waals surface area (Å²) in [4.78, 5) is 0. The summed E-state index contributed by atoms with van der Waals surface area (Å²) in [6.07, 6.45) is 10.7. The molecule has 1 aromatic carbocycles. The number of piperidine rings is 1. The van der Waals surface area contributed by atoms with Crippen molar-refractivity contribution in [1.29, 1.82) is 0 Å². The van der Waals surface area contributed by atoms with Crippen LogP contribution in [-0.2, 0) is 6.42 Å². The van der Waals surface area contributed by atoms with Crippen molar-refractivity contribution in [1.82, 2.24) is 5.32 Å². The lowest BCUT2D eigenvalue weighted by Crippen LogP contribution is -2.39. The standard InChI is InChI=1S/C24H31N.C2H6/c1-6-7-8-20-10-11-21-13-16(2)9-12-23(21)24(19(20)5)22-14-17(3)25-18(4)15-22;1-2/h6-9,12-13,17-18,25H,1,10-11,14-15H2,2-5H3;1-2H3/b8-7-,24-22?;. The van der Waals surface area contributed by atoms with Gasteiger partial charge < -0.3 is 5.32 Å². The predicted molar refractivity (Wildman–Crippen MR) is 121 cm³/mol. The van der Waals surface area contributed by atoms with Gasteiger partial charge in [0.2, 0.25) is 0 Å². The zero-order valence-electron chi connectivity index (χ0n) is 18.2. The maximum absolute atomic E-state index is 3.84. The van der Waals surface area contributed by atoms with Crippen molar-refractivity contribution in [2.75, 3.05) is 0 Å². The summed E-state index contributed by atoms with van der Waals surface area (Å²) in [5.74, 6) is 0. The fourth-order valence-electron chi connectivity index (χ4n) is 4.47. The van der Waals surface area contributed by atoms with Gasteiger partial charge in [0.1, 0.15) is 0 Å². The van der Waals surface area contributed by atoms with Gasteiger partial charge in [-0.2, -0.15) is 0 Å². The van der Waals surface area contributed by atoms with E-state index in [0.717, 1.165) is 25.7 Å². The van der Waals surface area contributed by atoms with E-state index < -0.39 is 0 Å². The number of nitrogens with one attached hydrogen (secondary N) is 1. The molecule has 0 spiro atoms. The minimum Gasteiger partial charge on any atom is -0.311 e. The molecule has 2 atom stereocenters. The molecule has 0 bridgehead atoms. The van der Waals surface area contributed by atoms with Crippen molar-refractivity contribution in [3.63, 3.8) is 0 Å². The zero-order valence-corrected chi connectivity index (χ0v) is 18.2. The summed E-state index contributed by atoms with van der Waals surface area (Å²) >= 11 is 0. The minimum absolute atomic E-state index is 0.545. The second kappa shape index (κ2) is 9.90. The second-order valence-corrected chi connectivity index (χ2v) is 7.76. The third-order valence-corrected chi connectivity index (χ3v) is 5.51. The molecule has 27 heavy (non-hydrogen) atoms. The number of fused-ring (bicyclic) bond motifs is 1. The average molecular weight is 364 g/mol. The first-order chi connectivity index (χ1) is 13.0. The van der Waals surface area contributed by atoms with E-state index in [4.69, 9.17) is 0 Å². The van der Waals surface area contributed by atoms with Gasteiger partial charge >= 0.3 is 0 Å². The number of rotatable bonds is 2. The molecule has 1 heterocycles. The number of hydrogen-bond donors (Lipinski definition) is 1. The Morgan fingerprint density at radius 1 is 1.04 bits per heavy atom. The highest BCUT2D eigenvalue weighted by Gasteiger charge is 2.25. The SMILES string of the molecule is C=C/C=C\C1=C(C)C(=C2CC(C)NC(C)C2)c2ccc(C)cc2CC1.CC. The summed E-state index contributed by atoms with van der Waals surface area (Å²) in [5.41, 5.74) is 10.4. The van der Waals surface area contributed by atoms with Crippen LogP contribution in [0.4, 0.5) is 0 Å². The highest BCUT2D eigenvalue weighted by molar-refractivity contribution is 5.85. The quantitative estimate of drug-likeness (QED) is 0.561. The molecule has 1 N–H and O–H groups in total. The summed E-state index contributed by atoms with van der Waals surface area (Å²) in [5, 5.41) is 3.68. The van der Waals surface area contributed by atoms with E-state index in [0.29, 0.717) is 12.1 Å². The van der Waals surface area contributed by atoms with Crippen molar-refractivity contribution < 1.29 is 0 Å². The van der Waals surface area contributed by atoms with Gasteiger partial charge in [-0.3, -0.25) is 0 Å². The van der Waals surface area contributed by atoms with Crippen molar-refractivity contribution in [3.05, 3.63) is 76.4 Å². The van der Waals surface area contributed by atoms with Crippen molar-refractivity contribution >= 4 is 5.57 Å². The van der Waals surface area contributed by atoms with Gasteiger partial charge in [-0.1, -0.05) is 68.0 Å². The summed E-state index contributed by atoms with van der Waals surface area (Å²) in [7, 11) is 0. The minimum atomic E-state index is 0.545. The Bertz CT molecular complexity index is 748. The number of aryl methyl sites for hydroxylation is 2. The van der Waals surface area contributed by atoms with Crippen LogP contribution in [0.15, 0.2) is 59.7 Å². The lowest BCUT2D eigenvalue weighted by atomic mass is 9.83. The number of benzene rings is 1. The van der Waals surface area contributed by atoms with Crippen LogP contribution >= 0.6 is 0 Å².